The Morgan fingerprint density at radius 1 is 0.553 bits per heavy atom. The van der Waals surface area contributed by atoms with Gasteiger partial charge >= 0.3 is 0 Å². The summed E-state index contributed by atoms with van der Waals surface area (Å²) >= 11 is 1.84. The van der Waals surface area contributed by atoms with E-state index in [1.807, 2.05) is 47.7 Å². The van der Waals surface area contributed by atoms with Gasteiger partial charge in [0.05, 0.1) is 0 Å². The van der Waals surface area contributed by atoms with E-state index in [0.29, 0.717) is 28.9 Å². The molecule has 0 unspecified atom stereocenters. The van der Waals surface area contributed by atoms with E-state index in [9.17, 15) is 0 Å². The first-order valence-electron chi connectivity index (χ1n) is 12.4. The van der Waals surface area contributed by atoms with Crippen molar-refractivity contribution < 1.29 is 0 Å². The monoisotopic (exact) mass is 507 g/mol. The number of hydrogen-bond donors (Lipinski definition) is 0. The molecule has 0 N–H and O–H groups in total. The summed E-state index contributed by atoms with van der Waals surface area (Å²) in [7, 11) is 0. The lowest BCUT2D eigenvalue weighted by Gasteiger charge is -2.11. The van der Waals surface area contributed by atoms with Crippen LogP contribution in [0.25, 0.3) is 65.7 Å². The van der Waals surface area contributed by atoms with Crippen molar-refractivity contribution in [1.29, 1.82) is 0 Å². The first-order valence-corrected chi connectivity index (χ1v) is 13.2. The molecule has 7 rings (SSSR count). The number of rotatable bonds is 4. The van der Waals surface area contributed by atoms with Crippen LogP contribution < -0.4 is 0 Å². The molecule has 6 heteroatoms. The lowest BCUT2D eigenvalue weighted by molar-refractivity contribution is 1.05. The first-order chi connectivity index (χ1) is 18.7. The van der Waals surface area contributed by atoms with Crippen molar-refractivity contribution in [1.82, 2.24) is 24.9 Å². The highest BCUT2D eigenvalue weighted by Gasteiger charge is 2.16. The van der Waals surface area contributed by atoms with Crippen LogP contribution in [0.15, 0.2) is 109 Å². The van der Waals surface area contributed by atoms with Gasteiger partial charge in [-0.2, -0.15) is 0 Å². The van der Waals surface area contributed by atoms with E-state index in [-0.39, 0.29) is 0 Å². The van der Waals surface area contributed by atoms with Gasteiger partial charge in [0.2, 0.25) is 0 Å². The second kappa shape index (κ2) is 9.25. The van der Waals surface area contributed by atoms with Gasteiger partial charge in [-0.15, -0.1) is 11.3 Å². The van der Waals surface area contributed by atoms with Crippen LogP contribution in [0.2, 0.25) is 0 Å². The van der Waals surface area contributed by atoms with Gasteiger partial charge < -0.3 is 0 Å². The Morgan fingerprint density at radius 3 is 1.89 bits per heavy atom. The maximum absolute atomic E-state index is 4.81. The molecule has 0 saturated heterocycles. The average Bonchev–Trinajstić information content (AvgIpc) is 3.37. The lowest BCUT2D eigenvalue weighted by Crippen LogP contribution is -2.02. The predicted octanol–water partition coefficient (Wildman–Crippen LogP) is 8.01. The van der Waals surface area contributed by atoms with Crippen molar-refractivity contribution in [2.24, 2.45) is 0 Å². The quantitative estimate of drug-likeness (QED) is 0.241. The summed E-state index contributed by atoms with van der Waals surface area (Å²) in [5.41, 5.74) is 5.91. The Bertz CT molecular complexity index is 1870. The fourth-order valence-corrected chi connectivity index (χ4v) is 6.02. The molecule has 0 spiro atoms. The second-order valence-corrected chi connectivity index (χ2v) is 10.1. The SMILES string of the molecule is Cc1cc(-c2nc(-c3ccccn3)nc(-c3ccccn3)n2)ccc1-c1cccc2c1sc1ccccc12. The van der Waals surface area contributed by atoms with Crippen molar-refractivity contribution >= 4 is 31.5 Å². The summed E-state index contributed by atoms with van der Waals surface area (Å²) in [5, 5.41) is 2.60. The zero-order chi connectivity index (χ0) is 25.5. The van der Waals surface area contributed by atoms with Gasteiger partial charge in [-0.3, -0.25) is 9.97 Å². The Labute approximate surface area is 223 Å². The second-order valence-electron chi connectivity index (χ2n) is 9.05. The summed E-state index contributed by atoms with van der Waals surface area (Å²) in [6, 6.07) is 33.0. The molecule has 0 aliphatic rings. The van der Waals surface area contributed by atoms with Gasteiger partial charge in [0.15, 0.2) is 17.5 Å². The highest BCUT2D eigenvalue weighted by Crippen LogP contribution is 2.41. The van der Waals surface area contributed by atoms with Crippen molar-refractivity contribution in [2.75, 3.05) is 0 Å². The summed E-state index contributed by atoms with van der Waals surface area (Å²) in [4.78, 5) is 23.2. The van der Waals surface area contributed by atoms with E-state index >= 15 is 0 Å². The molecule has 0 aliphatic heterocycles. The third-order valence-electron chi connectivity index (χ3n) is 6.60. The van der Waals surface area contributed by atoms with Crippen LogP contribution in [0, 0.1) is 6.92 Å². The zero-order valence-corrected chi connectivity index (χ0v) is 21.4. The number of hydrogen-bond acceptors (Lipinski definition) is 6. The Hall–Kier alpha value is -4.81. The molecule has 3 aromatic carbocycles. The molecule has 7 aromatic rings. The van der Waals surface area contributed by atoms with Crippen LogP contribution in [-0.4, -0.2) is 24.9 Å². The van der Waals surface area contributed by atoms with Gasteiger partial charge in [-0.05, 0) is 60.0 Å². The molecule has 0 amide bonds. The van der Waals surface area contributed by atoms with Gasteiger partial charge in [-0.1, -0.05) is 60.7 Å². The van der Waals surface area contributed by atoms with Crippen molar-refractivity contribution in [2.45, 2.75) is 6.92 Å². The predicted molar refractivity (Wildman–Crippen MR) is 155 cm³/mol. The zero-order valence-electron chi connectivity index (χ0n) is 20.5. The van der Waals surface area contributed by atoms with E-state index in [1.165, 1.54) is 31.3 Å². The Balaban J connectivity index is 1.37. The Kier molecular flexibility index (Phi) is 5.45. The fourth-order valence-electron chi connectivity index (χ4n) is 4.79. The molecule has 4 heterocycles. The topological polar surface area (TPSA) is 64.5 Å². The standard InChI is InChI=1S/C32H21N5S/c1-20-19-21(15-16-22(20)24-10-8-11-25-23-9-2-3-14-28(23)38-29(24)25)30-35-31(26-12-4-6-17-33-26)37-32(36-30)27-13-5-7-18-34-27/h2-19H,1H3. The number of thiophene rings is 1. The van der Waals surface area contributed by atoms with Crippen molar-refractivity contribution in [3.05, 3.63) is 115 Å². The minimum absolute atomic E-state index is 0.521. The molecule has 5 nitrogen and oxygen atoms in total. The number of pyridine rings is 2. The van der Waals surface area contributed by atoms with Gasteiger partial charge in [-0.25, -0.2) is 15.0 Å². The van der Waals surface area contributed by atoms with Crippen LogP contribution >= 0.6 is 11.3 Å². The largest absolute Gasteiger partial charge is 0.253 e. The van der Waals surface area contributed by atoms with E-state index in [1.54, 1.807) is 12.4 Å². The molecule has 0 aliphatic carbocycles. The maximum atomic E-state index is 4.81. The molecule has 0 bridgehead atoms. The molecule has 0 radical (unpaired) electrons. The normalized spacial score (nSPS) is 11.3. The van der Waals surface area contributed by atoms with E-state index < -0.39 is 0 Å². The van der Waals surface area contributed by atoms with E-state index in [0.717, 1.165) is 11.1 Å². The van der Waals surface area contributed by atoms with Crippen LogP contribution in [0.1, 0.15) is 5.56 Å². The first kappa shape index (κ1) is 22.4. The molecule has 0 atom stereocenters. The third kappa shape index (κ3) is 3.92. The third-order valence-corrected chi connectivity index (χ3v) is 7.82. The molecule has 38 heavy (non-hydrogen) atoms. The lowest BCUT2D eigenvalue weighted by atomic mass is 9.97. The average molecular weight is 508 g/mol. The number of aromatic nitrogens is 5. The van der Waals surface area contributed by atoms with Gasteiger partial charge in [0.1, 0.15) is 11.4 Å². The molecule has 0 saturated carbocycles. The van der Waals surface area contributed by atoms with Crippen LogP contribution in [-0.2, 0) is 0 Å². The summed E-state index contributed by atoms with van der Waals surface area (Å²) < 4.78 is 2.61. The minimum atomic E-state index is 0.521. The van der Waals surface area contributed by atoms with Crippen LogP contribution in [0.5, 0.6) is 0 Å². The summed E-state index contributed by atoms with van der Waals surface area (Å²) in [5.74, 6) is 1.64. The highest BCUT2D eigenvalue weighted by molar-refractivity contribution is 7.26. The fraction of sp³-hybridized carbons (Fsp3) is 0.0312. The number of aryl methyl sites for hydroxylation is 1. The molecular formula is C32H21N5S. The molecule has 0 fully saturated rings. The smallest absolute Gasteiger partial charge is 0.182 e. The van der Waals surface area contributed by atoms with Crippen molar-refractivity contribution in [3.8, 4) is 45.6 Å². The van der Waals surface area contributed by atoms with Gasteiger partial charge in [0.25, 0.3) is 0 Å². The van der Waals surface area contributed by atoms with Gasteiger partial charge in [0, 0.05) is 38.1 Å². The molecule has 180 valence electrons. The summed E-state index contributed by atoms with van der Waals surface area (Å²) in [6.45, 7) is 2.14. The van der Waals surface area contributed by atoms with Crippen molar-refractivity contribution in [3.63, 3.8) is 0 Å². The molecule has 4 aromatic heterocycles. The number of nitrogens with zero attached hydrogens (tertiary/aromatic N) is 5. The van der Waals surface area contributed by atoms with E-state index in [4.69, 9.17) is 15.0 Å². The summed E-state index contributed by atoms with van der Waals surface area (Å²) in [6.07, 6.45) is 3.49. The minimum Gasteiger partial charge on any atom is -0.253 e. The van der Waals surface area contributed by atoms with Crippen LogP contribution in [0.3, 0.4) is 0 Å². The Morgan fingerprint density at radius 2 is 1.21 bits per heavy atom. The number of benzene rings is 3. The number of fused-ring (bicyclic) bond motifs is 3. The van der Waals surface area contributed by atoms with E-state index in [2.05, 4.69) is 77.6 Å². The maximum Gasteiger partial charge on any atom is 0.182 e. The molecular weight excluding hydrogens is 486 g/mol. The highest BCUT2D eigenvalue weighted by atomic mass is 32.1. The van der Waals surface area contributed by atoms with Crippen LogP contribution in [0.4, 0.5) is 0 Å².